The minimum atomic E-state index is -0.0178. The number of hydrogen-bond donors (Lipinski definition) is 2. The minimum absolute atomic E-state index is 0.00639. The van der Waals surface area contributed by atoms with Crippen LogP contribution < -0.4 is 11.1 Å². The number of nitrogens with two attached hydrogens (primary N) is 1. The van der Waals surface area contributed by atoms with Crippen LogP contribution >= 0.6 is 0 Å². The van der Waals surface area contributed by atoms with Crippen molar-refractivity contribution in [1.29, 1.82) is 0 Å². The van der Waals surface area contributed by atoms with E-state index >= 15 is 0 Å². The Morgan fingerprint density at radius 1 is 1.37 bits per heavy atom. The van der Waals surface area contributed by atoms with Crippen LogP contribution in [0.25, 0.3) is 10.9 Å². The van der Waals surface area contributed by atoms with E-state index in [0.29, 0.717) is 12.3 Å². The molecule has 1 unspecified atom stereocenters. The molecule has 0 aliphatic heterocycles. The van der Waals surface area contributed by atoms with Gasteiger partial charge in [0.1, 0.15) is 0 Å². The molecule has 1 fully saturated rings. The summed E-state index contributed by atoms with van der Waals surface area (Å²) in [6.45, 7) is 0. The topological polar surface area (TPSA) is 68.0 Å². The summed E-state index contributed by atoms with van der Waals surface area (Å²) in [7, 11) is 0. The fourth-order valence-corrected chi connectivity index (χ4v) is 2.32. The van der Waals surface area contributed by atoms with E-state index < -0.39 is 0 Å². The molecule has 1 aromatic carbocycles. The first kappa shape index (κ1) is 12.1. The van der Waals surface area contributed by atoms with Crippen molar-refractivity contribution >= 4 is 22.5 Å². The van der Waals surface area contributed by atoms with Crippen LogP contribution in [0.4, 0.5) is 5.69 Å². The summed E-state index contributed by atoms with van der Waals surface area (Å²) in [5.74, 6) is 0.524. The van der Waals surface area contributed by atoms with Crippen molar-refractivity contribution in [2.24, 2.45) is 11.7 Å². The zero-order valence-corrected chi connectivity index (χ0v) is 10.7. The summed E-state index contributed by atoms with van der Waals surface area (Å²) in [4.78, 5) is 16.3. The van der Waals surface area contributed by atoms with Gasteiger partial charge in [-0.15, -0.1) is 0 Å². The van der Waals surface area contributed by atoms with Crippen LogP contribution in [0.5, 0.6) is 0 Å². The molecule has 0 saturated heterocycles. The number of aromatic nitrogens is 1. The Bertz CT molecular complexity index is 602. The minimum Gasteiger partial charge on any atom is -0.327 e. The number of benzene rings is 1. The summed E-state index contributed by atoms with van der Waals surface area (Å²) in [6.07, 6.45) is 4.46. The highest BCUT2D eigenvalue weighted by Gasteiger charge is 2.29. The molecule has 0 bridgehead atoms. The highest BCUT2D eigenvalue weighted by molar-refractivity contribution is 6.01. The van der Waals surface area contributed by atoms with Crippen molar-refractivity contribution in [3.05, 3.63) is 36.5 Å². The molecule has 19 heavy (non-hydrogen) atoms. The first-order valence-electron chi connectivity index (χ1n) is 6.63. The zero-order valence-electron chi connectivity index (χ0n) is 10.7. The maximum Gasteiger partial charge on any atom is 0.225 e. The maximum absolute atomic E-state index is 12.0. The standard InChI is InChI=1S/C15H17N3O/c16-12(10-6-7-10)9-15(19)18-14-5-1-4-13-11(14)3-2-8-17-13/h1-5,8,10,12H,6-7,9,16H2,(H,18,19). The Morgan fingerprint density at radius 2 is 2.21 bits per heavy atom. The molecular formula is C15H17N3O. The van der Waals surface area contributed by atoms with Gasteiger partial charge in [-0.2, -0.15) is 0 Å². The van der Waals surface area contributed by atoms with Gasteiger partial charge in [0.15, 0.2) is 0 Å². The number of amides is 1. The molecular weight excluding hydrogens is 238 g/mol. The lowest BCUT2D eigenvalue weighted by Crippen LogP contribution is -2.28. The second kappa shape index (κ2) is 4.97. The van der Waals surface area contributed by atoms with Crippen LogP contribution in [0.15, 0.2) is 36.5 Å². The molecule has 0 radical (unpaired) electrons. The molecule has 1 aliphatic rings. The fourth-order valence-electron chi connectivity index (χ4n) is 2.32. The van der Waals surface area contributed by atoms with E-state index in [9.17, 15) is 4.79 Å². The third-order valence-corrected chi connectivity index (χ3v) is 3.57. The number of hydrogen-bond acceptors (Lipinski definition) is 3. The van der Waals surface area contributed by atoms with Crippen LogP contribution in [0.3, 0.4) is 0 Å². The lowest BCUT2D eigenvalue weighted by molar-refractivity contribution is -0.116. The van der Waals surface area contributed by atoms with Crippen LogP contribution in [-0.2, 0) is 4.79 Å². The molecule has 98 valence electrons. The van der Waals surface area contributed by atoms with Gasteiger partial charge in [-0.25, -0.2) is 0 Å². The third-order valence-electron chi connectivity index (χ3n) is 3.57. The number of carbonyl (C=O) groups excluding carboxylic acids is 1. The Balaban J connectivity index is 1.75. The Kier molecular flexibility index (Phi) is 3.17. The summed E-state index contributed by atoms with van der Waals surface area (Å²) in [5.41, 5.74) is 7.66. The van der Waals surface area contributed by atoms with E-state index in [1.54, 1.807) is 6.20 Å². The SMILES string of the molecule is NC(CC(=O)Nc1cccc2ncccc12)C1CC1. The molecule has 1 atom stereocenters. The van der Waals surface area contributed by atoms with Gasteiger partial charge in [0, 0.05) is 24.0 Å². The first-order valence-corrected chi connectivity index (χ1v) is 6.63. The highest BCUT2D eigenvalue weighted by atomic mass is 16.1. The molecule has 0 spiro atoms. The summed E-state index contributed by atoms with van der Waals surface area (Å²) < 4.78 is 0. The Labute approximate surface area is 112 Å². The van der Waals surface area contributed by atoms with Gasteiger partial charge in [0.25, 0.3) is 0 Å². The monoisotopic (exact) mass is 255 g/mol. The molecule has 1 heterocycles. The molecule has 4 nitrogen and oxygen atoms in total. The molecule has 3 N–H and O–H groups in total. The first-order chi connectivity index (χ1) is 9.24. The predicted octanol–water partition coefficient (Wildman–Crippen LogP) is 2.30. The van der Waals surface area contributed by atoms with E-state index in [4.69, 9.17) is 5.73 Å². The Hall–Kier alpha value is -1.94. The third kappa shape index (κ3) is 2.74. The molecule has 3 rings (SSSR count). The predicted molar refractivity (Wildman–Crippen MR) is 75.7 cm³/mol. The number of nitrogens with one attached hydrogen (secondary N) is 1. The van der Waals surface area contributed by atoms with Crippen molar-refractivity contribution in [3.63, 3.8) is 0 Å². The van der Waals surface area contributed by atoms with Crippen molar-refractivity contribution in [2.75, 3.05) is 5.32 Å². The van der Waals surface area contributed by atoms with Gasteiger partial charge in [0.2, 0.25) is 5.91 Å². The van der Waals surface area contributed by atoms with Gasteiger partial charge in [0.05, 0.1) is 11.2 Å². The largest absolute Gasteiger partial charge is 0.327 e. The summed E-state index contributed by atoms with van der Waals surface area (Å²) >= 11 is 0. The average Bonchev–Trinajstić information content (AvgIpc) is 3.23. The fraction of sp³-hybridized carbons (Fsp3) is 0.333. The van der Waals surface area contributed by atoms with Crippen LogP contribution in [0.1, 0.15) is 19.3 Å². The molecule has 2 aromatic rings. The second-order valence-corrected chi connectivity index (χ2v) is 5.13. The van der Waals surface area contributed by atoms with Crippen LogP contribution in [0, 0.1) is 5.92 Å². The van der Waals surface area contributed by atoms with E-state index in [0.717, 1.165) is 29.4 Å². The Morgan fingerprint density at radius 3 is 3.00 bits per heavy atom. The number of nitrogens with zero attached hydrogens (tertiary/aromatic N) is 1. The van der Waals surface area contributed by atoms with Crippen molar-refractivity contribution in [1.82, 2.24) is 4.98 Å². The van der Waals surface area contributed by atoms with Gasteiger partial charge >= 0.3 is 0 Å². The van der Waals surface area contributed by atoms with E-state index in [2.05, 4.69) is 10.3 Å². The lowest BCUT2D eigenvalue weighted by atomic mass is 10.1. The molecule has 4 heteroatoms. The van der Waals surface area contributed by atoms with Crippen LogP contribution in [0.2, 0.25) is 0 Å². The summed E-state index contributed by atoms with van der Waals surface area (Å²) in [5, 5.41) is 3.90. The number of pyridine rings is 1. The summed E-state index contributed by atoms with van der Waals surface area (Å²) in [6, 6.07) is 9.54. The number of anilines is 1. The average molecular weight is 255 g/mol. The second-order valence-electron chi connectivity index (χ2n) is 5.13. The smallest absolute Gasteiger partial charge is 0.225 e. The van der Waals surface area contributed by atoms with E-state index in [1.807, 2.05) is 30.3 Å². The van der Waals surface area contributed by atoms with Gasteiger partial charge in [-0.3, -0.25) is 9.78 Å². The molecule has 1 saturated carbocycles. The lowest BCUT2D eigenvalue weighted by Gasteiger charge is -2.11. The quantitative estimate of drug-likeness (QED) is 0.880. The molecule has 1 aliphatic carbocycles. The number of carbonyl (C=O) groups is 1. The highest BCUT2D eigenvalue weighted by Crippen LogP contribution is 2.33. The maximum atomic E-state index is 12.0. The van der Waals surface area contributed by atoms with Gasteiger partial charge < -0.3 is 11.1 Å². The number of rotatable bonds is 4. The van der Waals surface area contributed by atoms with Crippen molar-refractivity contribution in [3.8, 4) is 0 Å². The van der Waals surface area contributed by atoms with Gasteiger partial charge in [-0.05, 0) is 43.0 Å². The number of fused-ring (bicyclic) bond motifs is 1. The molecule has 1 aromatic heterocycles. The van der Waals surface area contributed by atoms with Crippen molar-refractivity contribution < 1.29 is 4.79 Å². The normalized spacial score (nSPS) is 16.3. The zero-order chi connectivity index (χ0) is 13.2. The van der Waals surface area contributed by atoms with E-state index in [1.165, 1.54) is 0 Å². The van der Waals surface area contributed by atoms with Crippen LogP contribution in [-0.4, -0.2) is 16.9 Å². The van der Waals surface area contributed by atoms with E-state index in [-0.39, 0.29) is 11.9 Å². The van der Waals surface area contributed by atoms with Crippen molar-refractivity contribution in [2.45, 2.75) is 25.3 Å². The molecule has 1 amide bonds. The van der Waals surface area contributed by atoms with Gasteiger partial charge in [-0.1, -0.05) is 6.07 Å².